The summed E-state index contributed by atoms with van der Waals surface area (Å²) in [5.41, 5.74) is 0. The van der Waals surface area contributed by atoms with E-state index in [1.54, 1.807) is 0 Å². The van der Waals surface area contributed by atoms with Crippen LogP contribution in [0.25, 0.3) is 0 Å². The Hall–Kier alpha value is -0.580. The van der Waals surface area contributed by atoms with Gasteiger partial charge in [-0.1, -0.05) is 51.0 Å². The second kappa shape index (κ2) is 11.9. The van der Waals surface area contributed by atoms with Crippen LogP contribution in [0.3, 0.4) is 0 Å². The Kier molecular flexibility index (Phi) is 7.92. The van der Waals surface area contributed by atoms with Crippen molar-refractivity contribution in [3.05, 3.63) is 12.7 Å². The number of hydrogen-bond acceptors (Lipinski definition) is 8. The monoisotopic (exact) mass is 592 g/mol. The third kappa shape index (κ3) is 5.00. The SMILES string of the molecule is C=CCC1CCCC2C3NC4NC(NC5NC(NC6NC(NC(N3)C12)C1CCCCC61)C1CCCCC51)C1CCCCC41. The molecular weight excluding hydrogens is 532 g/mol. The fourth-order valence-electron chi connectivity index (χ4n) is 12.7. The lowest BCUT2D eigenvalue weighted by atomic mass is 9.70. The van der Waals surface area contributed by atoms with Crippen LogP contribution in [0.15, 0.2) is 12.7 Å². The van der Waals surface area contributed by atoms with E-state index in [4.69, 9.17) is 0 Å². The molecule has 5 saturated heterocycles. The van der Waals surface area contributed by atoms with Crippen LogP contribution in [0.1, 0.15) is 103 Å². The van der Waals surface area contributed by atoms with Crippen molar-refractivity contribution in [1.82, 2.24) is 42.5 Å². The second-order valence-electron chi connectivity index (χ2n) is 16.4. The van der Waals surface area contributed by atoms with Crippen molar-refractivity contribution in [2.24, 2.45) is 53.3 Å². The second-order valence-corrected chi connectivity index (χ2v) is 16.4. The molecule has 43 heavy (non-hydrogen) atoms. The molecule has 9 aliphatic rings. The summed E-state index contributed by atoms with van der Waals surface area (Å²) in [6.45, 7) is 4.20. The highest BCUT2D eigenvalue weighted by atomic mass is 15.4. The fourth-order valence-corrected chi connectivity index (χ4v) is 12.7. The first kappa shape index (κ1) is 28.6. The number of hydrogen-bond donors (Lipinski definition) is 8. The smallest absolute Gasteiger partial charge is 0.0631 e. The standard InChI is InChI=1S/C35H60N8/c1-2-10-19-11-9-18-26-27(19)35-42-33-25-17-8-7-16-24(25)31(40-33)38-29-21-13-4-3-12-20(21)28(36-29)37-30-22-14-5-6-15-23(22)32(39-30)41-34(26)43-35/h2,19-43H,1,3-18H2. The molecule has 8 heteroatoms. The largest absolute Gasteiger partial charge is 0.286 e. The number of nitrogens with one attached hydrogen (secondary N) is 8. The van der Waals surface area contributed by atoms with Gasteiger partial charge in [-0.3, -0.25) is 42.5 Å². The highest BCUT2D eigenvalue weighted by Crippen LogP contribution is 2.47. The Morgan fingerprint density at radius 1 is 0.372 bits per heavy atom. The maximum atomic E-state index is 4.31. The van der Waals surface area contributed by atoms with E-state index in [2.05, 4.69) is 55.2 Å². The van der Waals surface area contributed by atoms with Crippen LogP contribution in [0.5, 0.6) is 0 Å². The number of fused-ring (bicyclic) bond motifs is 20. The quantitative estimate of drug-likeness (QED) is 0.231. The van der Waals surface area contributed by atoms with Crippen molar-refractivity contribution in [2.75, 3.05) is 0 Å². The van der Waals surface area contributed by atoms with Crippen LogP contribution in [-0.4, -0.2) is 49.3 Å². The van der Waals surface area contributed by atoms with E-state index in [9.17, 15) is 0 Å². The van der Waals surface area contributed by atoms with Gasteiger partial charge in [-0.25, -0.2) is 0 Å². The molecule has 9 rings (SSSR count). The maximum Gasteiger partial charge on any atom is 0.0631 e. The fraction of sp³-hybridized carbons (Fsp3) is 0.943. The predicted octanol–water partition coefficient (Wildman–Crippen LogP) is 3.41. The highest BCUT2D eigenvalue weighted by molar-refractivity contribution is 5.09. The van der Waals surface area contributed by atoms with Crippen LogP contribution in [0, 0.1) is 53.3 Å². The van der Waals surface area contributed by atoms with Gasteiger partial charge in [-0.2, -0.15) is 0 Å². The molecule has 0 spiro atoms. The first-order chi connectivity index (χ1) is 21.2. The molecule has 0 radical (unpaired) electrons. The molecule has 17 atom stereocenters. The van der Waals surface area contributed by atoms with Crippen LogP contribution in [-0.2, 0) is 0 Å². The van der Waals surface area contributed by atoms with Gasteiger partial charge in [-0.15, -0.1) is 6.58 Å². The molecule has 5 heterocycles. The molecule has 240 valence electrons. The lowest BCUT2D eigenvalue weighted by Crippen LogP contribution is -2.61. The van der Waals surface area contributed by atoms with Gasteiger partial charge in [0.05, 0.1) is 49.3 Å². The normalized spacial score (nSPS) is 56.0. The molecule has 17 unspecified atom stereocenters. The number of rotatable bonds is 2. The van der Waals surface area contributed by atoms with E-state index in [0.717, 1.165) is 41.9 Å². The Morgan fingerprint density at radius 3 is 1.02 bits per heavy atom. The molecule has 8 bridgehead atoms. The van der Waals surface area contributed by atoms with Crippen molar-refractivity contribution in [3.8, 4) is 0 Å². The zero-order valence-corrected chi connectivity index (χ0v) is 26.4. The van der Waals surface area contributed by atoms with Gasteiger partial charge in [0.15, 0.2) is 0 Å². The predicted molar refractivity (Wildman–Crippen MR) is 171 cm³/mol. The average molecular weight is 593 g/mol. The minimum Gasteiger partial charge on any atom is -0.286 e. The van der Waals surface area contributed by atoms with Crippen molar-refractivity contribution in [1.29, 1.82) is 0 Å². The summed E-state index contributed by atoms with van der Waals surface area (Å²) < 4.78 is 0. The zero-order chi connectivity index (χ0) is 28.5. The zero-order valence-electron chi connectivity index (χ0n) is 26.4. The van der Waals surface area contributed by atoms with E-state index in [0.29, 0.717) is 67.1 Å². The summed E-state index contributed by atoms with van der Waals surface area (Å²) in [5.74, 6) is 6.42. The summed E-state index contributed by atoms with van der Waals surface area (Å²) >= 11 is 0. The minimum absolute atomic E-state index is 0.355. The Morgan fingerprint density at radius 2 is 0.674 bits per heavy atom. The molecule has 8 nitrogen and oxygen atoms in total. The molecule has 9 fully saturated rings. The summed E-state index contributed by atoms with van der Waals surface area (Å²) in [6.07, 6.45) is 27.0. The van der Waals surface area contributed by atoms with E-state index in [1.807, 2.05) is 0 Å². The summed E-state index contributed by atoms with van der Waals surface area (Å²) in [4.78, 5) is 0. The Bertz CT molecular complexity index is 1010. The van der Waals surface area contributed by atoms with Crippen LogP contribution >= 0.6 is 0 Å². The molecule has 8 N–H and O–H groups in total. The third-order valence-electron chi connectivity index (χ3n) is 14.5. The van der Waals surface area contributed by atoms with Crippen molar-refractivity contribution in [3.63, 3.8) is 0 Å². The molecule has 0 aromatic rings. The minimum atomic E-state index is 0.355. The van der Waals surface area contributed by atoms with Gasteiger partial charge in [0.1, 0.15) is 0 Å². The third-order valence-corrected chi connectivity index (χ3v) is 14.5. The summed E-state index contributed by atoms with van der Waals surface area (Å²) in [7, 11) is 0. The van der Waals surface area contributed by atoms with Gasteiger partial charge in [0.25, 0.3) is 0 Å². The molecule has 5 aliphatic heterocycles. The first-order valence-electron chi connectivity index (χ1n) is 18.9. The first-order valence-corrected chi connectivity index (χ1v) is 18.9. The lowest BCUT2D eigenvalue weighted by Gasteiger charge is -2.39. The Balaban J connectivity index is 1.06. The topological polar surface area (TPSA) is 96.2 Å². The number of allylic oxidation sites excluding steroid dienone is 1. The average Bonchev–Trinajstić information content (AvgIpc) is 3.77. The molecule has 0 amide bonds. The van der Waals surface area contributed by atoms with E-state index >= 15 is 0 Å². The van der Waals surface area contributed by atoms with Gasteiger partial charge in [0.2, 0.25) is 0 Å². The van der Waals surface area contributed by atoms with Crippen LogP contribution in [0.2, 0.25) is 0 Å². The van der Waals surface area contributed by atoms with Gasteiger partial charge in [0, 0.05) is 0 Å². The van der Waals surface area contributed by atoms with Gasteiger partial charge in [-0.05, 0) is 111 Å². The van der Waals surface area contributed by atoms with Crippen molar-refractivity contribution >= 4 is 0 Å². The van der Waals surface area contributed by atoms with E-state index in [-0.39, 0.29) is 0 Å². The van der Waals surface area contributed by atoms with Gasteiger partial charge < -0.3 is 0 Å². The Labute approximate surface area is 260 Å². The van der Waals surface area contributed by atoms with Crippen molar-refractivity contribution < 1.29 is 0 Å². The summed E-state index contributed by atoms with van der Waals surface area (Å²) in [6, 6.07) is 0. The highest BCUT2D eigenvalue weighted by Gasteiger charge is 2.55. The van der Waals surface area contributed by atoms with E-state index < -0.39 is 0 Å². The molecule has 4 aliphatic carbocycles. The maximum absolute atomic E-state index is 4.31. The van der Waals surface area contributed by atoms with E-state index in [1.165, 1.54) is 96.3 Å². The lowest BCUT2D eigenvalue weighted by molar-refractivity contribution is 0.124. The van der Waals surface area contributed by atoms with Crippen LogP contribution in [0.4, 0.5) is 0 Å². The molecular formula is C35H60N8. The van der Waals surface area contributed by atoms with Crippen molar-refractivity contribution in [2.45, 2.75) is 152 Å². The summed E-state index contributed by atoms with van der Waals surface area (Å²) in [5, 5.41) is 34.0. The van der Waals surface area contributed by atoms with Crippen LogP contribution < -0.4 is 42.5 Å². The van der Waals surface area contributed by atoms with Gasteiger partial charge >= 0.3 is 0 Å². The molecule has 0 aromatic heterocycles. The molecule has 4 saturated carbocycles. The molecule has 0 aromatic carbocycles.